The molecular formula is C16H19NO. The first-order chi connectivity index (χ1) is 8.59. The maximum absolute atomic E-state index is 6.01. The smallest absolute Gasteiger partial charge is 0.132 e. The molecular weight excluding hydrogens is 222 g/mol. The molecule has 0 fully saturated rings. The standard InChI is InChI=1S/C16H19NO/c1-11(2)10-18-16-14(12(3)17)9-8-13-6-4-5-7-15(13)16/h4-9,12H,1,10,17H2,2-3H3. The van der Waals surface area contributed by atoms with Crippen molar-refractivity contribution in [2.24, 2.45) is 5.73 Å². The van der Waals surface area contributed by atoms with Crippen molar-refractivity contribution in [3.05, 3.63) is 54.1 Å². The molecule has 2 N–H and O–H groups in total. The Balaban J connectivity index is 2.55. The van der Waals surface area contributed by atoms with Gasteiger partial charge in [-0.15, -0.1) is 0 Å². The van der Waals surface area contributed by atoms with Gasteiger partial charge in [0.05, 0.1) is 0 Å². The second-order valence-electron chi connectivity index (χ2n) is 4.74. The van der Waals surface area contributed by atoms with Gasteiger partial charge in [-0.1, -0.05) is 43.0 Å². The van der Waals surface area contributed by atoms with Gasteiger partial charge in [0.1, 0.15) is 12.4 Å². The first-order valence-electron chi connectivity index (χ1n) is 6.14. The van der Waals surface area contributed by atoms with Crippen LogP contribution in [0, 0.1) is 0 Å². The van der Waals surface area contributed by atoms with Gasteiger partial charge in [0.2, 0.25) is 0 Å². The van der Waals surface area contributed by atoms with E-state index in [4.69, 9.17) is 10.5 Å². The molecule has 2 aromatic rings. The van der Waals surface area contributed by atoms with Crippen molar-refractivity contribution < 1.29 is 4.74 Å². The van der Waals surface area contributed by atoms with Gasteiger partial charge in [0.15, 0.2) is 0 Å². The fourth-order valence-corrected chi connectivity index (χ4v) is 1.97. The number of fused-ring (bicyclic) bond motifs is 1. The SMILES string of the molecule is C=C(C)COc1c(C(C)N)ccc2ccccc12. The van der Waals surface area contributed by atoms with Crippen molar-refractivity contribution in [2.75, 3.05) is 6.61 Å². The van der Waals surface area contributed by atoms with E-state index in [2.05, 4.69) is 24.8 Å². The highest BCUT2D eigenvalue weighted by molar-refractivity contribution is 5.89. The Morgan fingerprint density at radius 1 is 1.28 bits per heavy atom. The predicted molar refractivity (Wildman–Crippen MR) is 76.9 cm³/mol. The Hall–Kier alpha value is -1.80. The maximum Gasteiger partial charge on any atom is 0.132 e. The average molecular weight is 241 g/mol. The summed E-state index contributed by atoms with van der Waals surface area (Å²) in [5.41, 5.74) is 8.05. The second kappa shape index (κ2) is 5.23. The van der Waals surface area contributed by atoms with E-state index in [-0.39, 0.29) is 6.04 Å². The third-order valence-electron chi connectivity index (χ3n) is 2.86. The van der Waals surface area contributed by atoms with Crippen molar-refractivity contribution in [1.82, 2.24) is 0 Å². The first kappa shape index (κ1) is 12.7. The van der Waals surface area contributed by atoms with Crippen molar-refractivity contribution >= 4 is 10.8 Å². The molecule has 0 aliphatic carbocycles. The molecule has 0 saturated heterocycles. The van der Waals surface area contributed by atoms with Crippen LogP contribution in [0.1, 0.15) is 25.5 Å². The molecule has 2 aromatic carbocycles. The zero-order chi connectivity index (χ0) is 13.1. The van der Waals surface area contributed by atoms with E-state index >= 15 is 0 Å². The number of ether oxygens (including phenoxy) is 1. The van der Waals surface area contributed by atoms with Gasteiger partial charge in [-0.2, -0.15) is 0 Å². The molecule has 0 radical (unpaired) electrons. The number of hydrogen-bond acceptors (Lipinski definition) is 2. The quantitative estimate of drug-likeness (QED) is 0.826. The zero-order valence-electron chi connectivity index (χ0n) is 10.9. The van der Waals surface area contributed by atoms with Gasteiger partial charge in [0.25, 0.3) is 0 Å². The van der Waals surface area contributed by atoms with Crippen molar-refractivity contribution in [2.45, 2.75) is 19.9 Å². The van der Waals surface area contributed by atoms with Crippen LogP contribution in [0.3, 0.4) is 0 Å². The van der Waals surface area contributed by atoms with Crippen molar-refractivity contribution in [3.63, 3.8) is 0 Å². The fraction of sp³-hybridized carbons (Fsp3) is 0.250. The van der Waals surface area contributed by atoms with E-state index in [9.17, 15) is 0 Å². The molecule has 0 aromatic heterocycles. The summed E-state index contributed by atoms with van der Waals surface area (Å²) in [6.45, 7) is 8.32. The Labute approximate surface area is 108 Å². The molecule has 0 aliphatic rings. The van der Waals surface area contributed by atoms with Gasteiger partial charge < -0.3 is 10.5 Å². The molecule has 0 aliphatic heterocycles. The molecule has 0 saturated carbocycles. The molecule has 1 atom stereocenters. The predicted octanol–water partition coefficient (Wildman–Crippen LogP) is 3.81. The van der Waals surface area contributed by atoms with Gasteiger partial charge in [-0.25, -0.2) is 0 Å². The first-order valence-corrected chi connectivity index (χ1v) is 6.14. The normalized spacial score (nSPS) is 12.4. The van der Waals surface area contributed by atoms with Crippen LogP contribution in [0.2, 0.25) is 0 Å². The van der Waals surface area contributed by atoms with E-state index in [0.29, 0.717) is 6.61 Å². The third-order valence-corrected chi connectivity index (χ3v) is 2.86. The van der Waals surface area contributed by atoms with Crippen LogP contribution in [0.15, 0.2) is 48.6 Å². The Bertz CT molecular complexity index is 572. The van der Waals surface area contributed by atoms with E-state index in [1.54, 1.807) is 0 Å². The molecule has 0 bridgehead atoms. The molecule has 0 spiro atoms. The van der Waals surface area contributed by atoms with Crippen LogP contribution in [-0.4, -0.2) is 6.61 Å². The fourth-order valence-electron chi connectivity index (χ4n) is 1.97. The highest BCUT2D eigenvalue weighted by Gasteiger charge is 2.11. The Kier molecular flexibility index (Phi) is 3.68. The summed E-state index contributed by atoms with van der Waals surface area (Å²) in [6.07, 6.45) is 0. The molecule has 0 amide bonds. The minimum atomic E-state index is -0.0465. The van der Waals surface area contributed by atoms with Crippen LogP contribution >= 0.6 is 0 Å². The minimum Gasteiger partial charge on any atom is -0.488 e. The summed E-state index contributed by atoms with van der Waals surface area (Å²) < 4.78 is 5.89. The molecule has 94 valence electrons. The van der Waals surface area contributed by atoms with Crippen LogP contribution in [-0.2, 0) is 0 Å². The molecule has 2 rings (SSSR count). The van der Waals surface area contributed by atoms with Gasteiger partial charge >= 0.3 is 0 Å². The van der Waals surface area contributed by atoms with E-state index in [0.717, 1.165) is 22.3 Å². The molecule has 18 heavy (non-hydrogen) atoms. The van der Waals surface area contributed by atoms with Gasteiger partial charge in [-0.3, -0.25) is 0 Å². The summed E-state index contributed by atoms with van der Waals surface area (Å²) in [6, 6.07) is 12.3. The zero-order valence-corrected chi connectivity index (χ0v) is 10.9. The highest BCUT2D eigenvalue weighted by Crippen LogP contribution is 2.33. The topological polar surface area (TPSA) is 35.2 Å². The third kappa shape index (κ3) is 2.54. The van der Waals surface area contributed by atoms with Gasteiger partial charge in [-0.05, 0) is 24.8 Å². The van der Waals surface area contributed by atoms with Crippen molar-refractivity contribution in [1.29, 1.82) is 0 Å². The lowest BCUT2D eigenvalue weighted by atomic mass is 10.0. The van der Waals surface area contributed by atoms with Crippen LogP contribution in [0.25, 0.3) is 10.8 Å². The van der Waals surface area contributed by atoms with Gasteiger partial charge in [0, 0.05) is 17.0 Å². The largest absolute Gasteiger partial charge is 0.488 e. The van der Waals surface area contributed by atoms with Crippen molar-refractivity contribution in [3.8, 4) is 5.75 Å². The lowest BCUT2D eigenvalue weighted by Gasteiger charge is -2.16. The number of rotatable bonds is 4. The lowest BCUT2D eigenvalue weighted by molar-refractivity contribution is 0.351. The second-order valence-corrected chi connectivity index (χ2v) is 4.74. The van der Waals surface area contributed by atoms with E-state index in [1.165, 1.54) is 5.39 Å². The summed E-state index contributed by atoms with van der Waals surface area (Å²) in [4.78, 5) is 0. The number of hydrogen-bond donors (Lipinski definition) is 1. The monoisotopic (exact) mass is 241 g/mol. The molecule has 2 nitrogen and oxygen atoms in total. The lowest BCUT2D eigenvalue weighted by Crippen LogP contribution is -2.09. The highest BCUT2D eigenvalue weighted by atomic mass is 16.5. The molecule has 0 heterocycles. The minimum absolute atomic E-state index is 0.0465. The molecule has 2 heteroatoms. The summed E-state index contributed by atoms with van der Waals surface area (Å²) in [7, 11) is 0. The summed E-state index contributed by atoms with van der Waals surface area (Å²) >= 11 is 0. The van der Waals surface area contributed by atoms with Crippen LogP contribution in [0.4, 0.5) is 0 Å². The van der Waals surface area contributed by atoms with Crippen LogP contribution < -0.4 is 10.5 Å². The van der Waals surface area contributed by atoms with Crippen LogP contribution in [0.5, 0.6) is 5.75 Å². The average Bonchev–Trinajstić information content (AvgIpc) is 2.35. The Morgan fingerprint density at radius 2 is 2.00 bits per heavy atom. The number of benzene rings is 2. The summed E-state index contributed by atoms with van der Waals surface area (Å²) in [5.74, 6) is 0.881. The van der Waals surface area contributed by atoms with E-state index < -0.39 is 0 Å². The summed E-state index contributed by atoms with van der Waals surface area (Å²) in [5, 5.41) is 2.27. The molecule has 1 unspecified atom stereocenters. The number of nitrogens with two attached hydrogens (primary N) is 1. The Morgan fingerprint density at radius 3 is 2.67 bits per heavy atom. The van der Waals surface area contributed by atoms with E-state index in [1.807, 2.05) is 32.0 Å². The maximum atomic E-state index is 6.01.